The number of halogens is 1. The van der Waals surface area contributed by atoms with Crippen LogP contribution >= 0.6 is 11.6 Å². The molecule has 0 radical (unpaired) electrons. The summed E-state index contributed by atoms with van der Waals surface area (Å²) in [5.41, 5.74) is 2.87. The maximum atomic E-state index is 13.4. The average molecular weight is 425 g/mol. The monoisotopic (exact) mass is 424 g/mol. The molecule has 1 unspecified atom stereocenters. The molecule has 1 aromatic heterocycles. The summed E-state index contributed by atoms with van der Waals surface area (Å²) >= 11 is 6.34. The first kappa shape index (κ1) is 20.6. The van der Waals surface area contributed by atoms with E-state index in [2.05, 4.69) is 17.3 Å². The lowest BCUT2D eigenvalue weighted by molar-refractivity contribution is 0.0425. The first-order valence-electron chi connectivity index (χ1n) is 10.3. The summed E-state index contributed by atoms with van der Waals surface area (Å²) < 4.78 is 11.3. The highest BCUT2D eigenvalue weighted by molar-refractivity contribution is 6.33. The smallest absolute Gasteiger partial charge is 0.259 e. The quantitative estimate of drug-likeness (QED) is 0.533. The van der Waals surface area contributed by atoms with E-state index in [1.807, 2.05) is 41.3 Å². The third-order valence-electron chi connectivity index (χ3n) is 5.48. The van der Waals surface area contributed by atoms with Crippen LogP contribution in [0.5, 0.6) is 0 Å². The van der Waals surface area contributed by atoms with E-state index in [-0.39, 0.29) is 5.91 Å². The molecule has 0 bridgehead atoms. The van der Waals surface area contributed by atoms with Gasteiger partial charge >= 0.3 is 0 Å². The van der Waals surface area contributed by atoms with Gasteiger partial charge < -0.3 is 14.2 Å². The fraction of sp³-hybridized carbons (Fsp3) is 0.333. The van der Waals surface area contributed by atoms with E-state index < -0.39 is 0 Å². The molecule has 0 spiro atoms. The number of rotatable bonds is 6. The molecule has 1 aliphatic rings. The third kappa shape index (κ3) is 4.58. The van der Waals surface area contributed by atoms with Gasteiger partial charge in [-0.15, -0.1) is 0 Å². The standard InChI is InChI=1S/C24H25ClN2O3/c1-17-22(23(26-30-17)20-11-5-6-12-21(20)25)24(28)27-13-7-10-19(14-27)16-29-15-18-8-3-2-4-9-18/h2-6,8-9,11-12,19H,7,10,13-16H2,1H3. The summed E-state index contributed by atoms with van der Waals surface area (Å²) in [6.07, 6.45) is 2.01. The van der Waals surface area contributed by atoms with Crippen molar-refractivity contribution in [1.82, 2.24) is 10.1 Å². The number of amides is 1. The highest BCUT2D eigenvalue weighted by atomic mass is 35.5. The SMILES string of the molecule is Cc1onc(-c2ccccc2Cl)c1C(=O)N1CCCC(COCc2ccccc2)C1. The van der Waals surface area contributed by atoms with Crippen LogP contribution in [0.3, 0.4) is 0 Å². The van der Waals surface area contributed by atoms with E-state index in [1.54, 1.807) is 13.0 Å². The molecule has 2 aromatic carbocycles. The number of carbonyl (C=O) groups excluding carboxylic acids is 1. The Bertz CT molecular complexity index is 1000. The number of piperidine rings is 1. The van der Waals surface area contributed by atoms with Crippen molar-refractivity contribution in [3.63, 3.8) is 0 Å². The van der Waals surface area contributed by atoms with Crippen molar-refractivity contribution < 1.29 is 14.1 Å². The van der Waals surface area contributed by atoms with Gasteiger partial charge in [-0.05, 0) is 37.3 Å². The molecular weight excluding hydrogens is 400 g/mol. The molecule has 5 nitrogen and oxygen atoms in total. The number of likely N-dealkylation sites (tertiary alicyclic amines) is 1. The molecule has 0 saturated carbocycles. The van der Waals surface area contributed by atoms with Crippen LogP contribution in [0, 0.1) is 12.8 Å². The Morgan fingerprint density at radius 2 is 1.97 bits per heavy atom. The van der Waals surface area contributed by atoms with E-state index in [1.165, 1.54) is 0 Å². The van der Waals surface area contributed by atoms with Gasteiger partial charge in [-0.25, -0.2) is 0 Å². The summed E-state index contributed by atoms with van der Waals surface area (Å²) in [6.45, 7) is 4.39. The normalized spacial score (nSPS) is 16.6. The molecule has 1 fully saturated rings. The van der Waals surface area contributed by atoms with E-state index in [0.29, 0.717) is 53.3 Å². The predicted octanol–water partition coefficient (Wildman–Crippen LogP) is 5.37. The first-order valence-corrected chi connectivity index (χ1v) is 10.6. The van der Waals surface area contributed by atoms with Crippen LogP contribution in [0.1, 0.15) is 34.5 Å². The fourth-order valence-electron chi connectivity index (χ4n) is 3.92. The number of ether oxygens (including phenoxy) is 1. The fourth-order valence-corrected chi connectivity index (χ4v) is 4.15. The van der Waals surface area contributed by atoms with Crippen LogP contribution in [-0.4, -0.2) is 35.7 Å². The highest BCUT2D eigenvalue weighted by Gasteiger charge is 2.30. The average Bonchev–Trinajstić information content (AvgIpc) is 3.15. The minimum Gasteiger partial charge on any atom is -0.376 e. The predicted molar refractivity (Wildman–Crippen MR) is 116 cm³/mol. The summed E-state index contributed by atoms with van der Waals surface area (Å²) in [5.74, 6) is 0.768. The van der Waals surface area contributed by atoms with Crippen molar-refractivity contribution in [3.05, 3.63) is 76.5 Å². The molecular formula is C24H25ClN2O3. The van der Waals surface area contributed by atoms with Gasteiger partial charge in [0.15, 0.2) is 0 Å². The molecule has 0 N–H and O–H groups in total. The molecule has 3 aromatic rings. The maximum Gasteiger partial charge on any atom is 0.259 e. The minimum absolute atomic E-state index is 0.0589. The van der Waals surface area contributed by atoms with Gasteiger partial charge in [0.25, 0.3) is 5.91 Å². The van der Waals surface area contributed by atoms with Crippen LogP contribution in [-0.2, 0) is 11.3 Å². The highest BCUT2D eigenvalue weighted by Crippen LogP contribution is 2.32. The van der Waals surface area contributed by atoms with Gasteiger partial charge in [-0.1, -0.05) is 65.3 Å². The van der Waals surface area contributed by atoms with Gasteiger partial charge in [0.2, 0.25) is 0 Å². The number of aryl methyl sites for hydroxylation is 1. The van der Waals surface area contributed by atoms with Gasteiger partial charge in [-0.2, -0.15) is 0 Å². The number of carbonyl (C=O) groups is 1. The summed E-state index contributed by atoms with van der Waals surface area (Å²) in [5, 5.41) is 4.68. The van der Waals surface area contributed by atoms with Gasteiger partial charge in [-0.3, -0.25) is 4.79 Å². The van der Waals surface area contributed by atoms with Gasteiger partial charge in [0.1, 0.15) is 17.0 Å². The van der Waals surface area contributed by atoms with Gasteiger partial charge in [0.05, 0.1) is 18.2 Å². The third-order valence-corrected chi connectivity index (χ3v) is 5.81. The van der Waals surface area contributed by atoms with E-state index in [4.69, 9.17) is 20.9 Å². The zero-order chi connectivity index (χ0) is 20.9. The van der Waals surface area contributed by atoms with Crippen LogP contribution in [0.4, 0.5) is 0 Å². The minimum atomic E-state index is -0.0589. The molecule has 1 aliphatic heterocycles. The Kier molecular flexibility index (Phi) is 6.50. The number of hydrogen-bond donors (Lipinski definition) is 0. The molecule has 1 saturated heterocycles. The molecule has 1 amide bonds. The molecule has 4 rings (SSSR count). The first-order chi connectivity index (χ1) is 14.6. The molecule has 6 heteroatoms. The summed E-state index contributed by atoms with van der Waals surface area (Å²) in [4.78, 5) is 15.3. The lowest BCUT2D eigenvalue weighted by atomic mass is 9.97. The molecule has 2 heterocycles. The number of benzene rings is 2. The number of hydrogen-bond acceptors (Lipinski definition) is 4. The Morgan fingerprint density at radius 3 is 2.77 bits per heavy atom. The van der Waals surface area contributed by atoms with Crippen molar-refractivity contribution in [1.29, 1.82) is 0 Å². The molecule has 30 heavy (non-hydrogen) atoms. The van der Waals surface area contributed by atoms with E-state index in [0.717, 1.165) is 24.9 Å². The van der Waals surface area contributed by atoms with Crippen molar-refractivity contribution >= 4 is 17.5 Å². The lowest BCUT2D eigenvalue weighted by Gasteiger charge is -2.32. The van der Waals surface area contributed by atoms with Crippen LogP contribution in [0.25, 0.3) is 11.3 Å². The zero-order valence-corrected chi connectivity index (χ0v) is 17.8. The lowest BCUT2D eigenvalue weighted by Crippen LogP contribution is -2.41. The summed E-state index contributed by atoms with van der Waals surface area (Å²) in [6, 6.07) is 17.5. The van der Waals surface area contributed by atoms with Crippen molar-refractivity contribution in [2.45, 2.75) is 26.4 Å². The second-order valence-electron chi connectivity index (χ2n) is 7.70. The van der Waals surface area contributed by atoms with Crippen LogP contribution in [0.2, 0.25) is 5.02 Å². The maximum absolute atomic E-state index is 13.4. The topological polar surface area (TPSA) is 55.6 Å². The van der Waals surface area contributed by atoms with Crippen molar-refractivity contribution in [2.75, 3.05) is 19.7 Å². The molecule has 156 valence electrons. The van der Waals surface area contributed by atoms with Gasteiger partial charge in [0, 0.05) is 18.7 Å². The van der Waals surface area contributed by atoms with Crippen LogP contribution in [0.15, 0.2) is 59.1 Å². The van der Waals surface area contributed by atoms with Crippen molar-refractivity contribution in [3.8, 4) is 11.3 Å². The zero-order valence-electron chi connectivity index (χ0n) is 17.0. The Labute approximate surface area is 181 Å². The molecule has 1 atom stereocenters. The second kappa shape index (κ2) is 9.45. The number of nitrogens with zero attached hydrogens (tertiary/aromatic N) is 2. The largest absolute Gasteiger partial charge is 0.376 e. The second-order valence-corrected chi connectivity index (χ2v) is 8.11. The Balaban J connectivity index is 1.44. The van der Waals surface area contributed by atoms with E-state index in [9.17, 15) is 4.79 Å². The number of aromatic nitrogens is 1. The molecule has 0 aliphatic carbocycles. The van der Waals surface area contributed by atoms with Crippen LogP contribution < -0.4 is 0 Å². The Hall–Kier alpha value is -2.63. The summed E-state index contributed by atoms with van der Waals surface area (Å²) in [7, 11) is 0. The van der Waals surface area contributed by atoms with Crippen molar-refractivity contribution in [2.24, 2.45) is 5.92 Å². The Morgan fingerprint density at radius 1 is 1.20 bits per heavy atom. The van der Waals surface area contributed by atoms with E-state index >= 15 is 0 Å².